The molecule has 1 saturated heterocycles. The summed E-state index contributed by atoms with van der Waals surface area (Å²) in [6.07, 6.45) is 0. The van der Waals surface area contributed by atoms with Gasteiger partial charge in [-0.3, -0.25) is 0 Å². The van der Waals surface area contributed by atoms with E-state index in [0.717, 1.165) is 25.7 Å². The Balaban J connectivity index is 1.92. The molecule has 1 aliphatic rings. The van der Waals surface area contributed by atoms with E-state index in [9.17, 15) is 0 Å². The van der Waals surface area contributed by atoms with Crippen molar-refractivity contribution in [1.29, 1.82) is 0 Å². The normalized spacial score (nSPS) is 20.2. The number of methoxy groups -OCH3 is 2. The minimum absolute atomic E-state index is 0.761. The monoisotopic (exact) mass is 159 g/mol. The number of nitrogens with zero attached hydrogens (tertiary/aromatic N) is 1. The maximum absolute atomic E-state index is 5.04. The van der Waals surface area contributed by atoms with Crippen molar-refractivity contribution < 1.29 is 9.47 Å². The number of ether oxygens (including phenoxy) is 2. The Morgan fingerprint density at radius 3 is 2.55 bits per heavy atom. The molecule has 0 radical (unpaired) electrons. The highest BCUT2D eigenvalue weighted by molar-refractivity contribution is 4.78. The van der Waals surface area contributed by atoms with Gasteiger partial charge in [0, 0.05) is 39.8 Å². The Bertz CT molecular complexity index is 102. The van der Waals surface area contributed by atoms with E-state index in [2.05, 4.69) is 4.90 Å². The fourth-order valence-electron chi connectivity index (χ4n) is 1.42. The SMILES string of the molecule is COCCN1CC(COC)C1. The van der Waals surface area contributed by atoms with Crippen molar-refractivity contribution in [2.45, 2.75) is 0 Å². The van der Waals surface area contributed by atoms with Gasteiger partial charge in [-0.15, -0.1) is 0 Å². The first-order valence-corrected chi connectivity index (χ1v) is 4.07. The predicted molar refractivity (Wildman–Crippen MR) is 43.7 cm³/mol. The summed E-state index contributed by atoms with van der Waals surface area (Å²) in [6.45, 7) is 5.17. The third-order valence-electron chi connectivity index (χ3n) is 2.05. The summed E-state index contributed by atoms with van der Waals surface area (Å²) in [5, 5.41) is 0. The molecule has 0 aromatic carbocycles. The van der Waals surface area contributed by atoms with Gasteiger partial charge >= 0.3 is 0 Å². The van der Waals surface area contributed by atoms with Crippen molar-refractivity contribution in [3.8, 4) is 0 Å². The summed E-state index contributed by atoms with van der Waals surface area (Å²) in [4.78, 5) is 2.38. The number of likely N-dealkylation sites (tertiary alicyclic amines) is 1. The van der Waals surface area contributed by atoms with E-state index < -0.39 is 0 Å². The van der Waals surface area contributed by atoms with Gasteiger partial charge in [0.15, 0.2) is 0 Å². The molecule has 0 amide bonds. The van der Waals surface area contributed by atoms with Crippen molar-refractivity contribution in [3.63, 3.8) is 0 Å². The molecule has 66 valence electrons. The summed E-state index contributed by atoms with van der Waals surface area (Å²) in [5.41, 5.74) is 0. The Hall–Kier alpha value is -0.120. The Morgan fingerprint density at radius 2 is 2.00 bits per heavy atom. The van der Waals surface area contributed by atoms with Gasteiger partial charge in [-0.25, -0.2) is 0 Å². The molecule has 0 unspecified atom stereocenters. The molecule has 1 rings (SSSR count). The molecule has 0 N–H and O–H groups in total. The molecule has 0 aromatic heterocycles. The summed E-state index contributed by atoms with van der Waals surface area (Å²) < 4.78 is 10.0. The van der Waals surface area contributed by atoms with Crippen LogP contribution in [0.15, 0.2) is 0 Å². The molecular weight excluding hydrogens is 142 g/mol. The molecule has 3 nitrogen and oxygen atoms in total. The maximum atomic E-state index is 5.04. The number of rotatable bonds is 5. The summed E-state index contributed by atoms with van der Waals surface area (Å²) in [6, 6.07) is 0. The number of hydrogen-bond donors (Lipinski definition) is 0. The van der Waals surface area contributed by atoms with Crippen molar-refractivity contribution >= 4 is 0 Å². The first kappa shape index (κ1) is 8.97. The highest BCUT2D eigenvalue weighted by Crippen LogP contribution is 2.14. The summed E-state index contributed by atoms with van der Waals surface area (Å²) in [7, 11) is 3.50. The topological polar surface area (TPSA) is 21.7 Å². The zero-order valence-electron chi connectivity index (χ0n) is 7.38. The predicted octanol–water partition coefficient (Wildman–Crippen LogP) is 0.211. The molecular formula is C8H17NO2. The van der Waals surface area contributed by atoms with Gasteiger partial charge in [-0.2, -0.15) is 0 Å². The van der Waals surface area contributed by atoms with Crippen LogP contribution in [0.1, 0.15) is 0 Å². The van der Waals surface area contributed by atoms with Crippen LogP contribution in [0.2, 0.25) is 0 Å². The Kier molecular flexibility index (Phi) is 3.83. The highest BCUT2D eigenvalue weighted by atomic mass is 16.5. The van der Waals surface area contributed by atoms with Crippen LogP contribution in [0.5, 0.6) is 0 Å². The van der Waals surface area contributed by atoms with Crippen molar-refractivity contribution in [2.75, 3.05) is 47.1 Å². The quantitative estimate of drug-likeness (QED) is 0.572. The summed E-state index contributed by atoms with van der Waals surface area (Å²) in [5.74, 6) is 0.761. The molecule has 0 atom stereocenters. The lowest BCUT2D eigenvalue weighted by atomic mass is 10.0. The van der Waals surface area contributed by atoms with Crippen LogP contribution < -0.4 is 0 Å². The third kappa shape index (κ3) is 2.77. The fraction of sp³-hybridized carbons (Fsp3) is 1.00. The standard InChI is InChI=1S/C8H17NO2/c1-10-4-3-9-5-8(6-9)7-11-2/h8H,3-7H2,1-2H3. The van der Waals surface area contributed by atoms with Gasteiger partial charge in [0.2, 0.25) is 0 Å². The van der Waals surface area contributed by atoms with Crippen LogP contribution in [-0.2, 0) is 9.47 Å². The average Bonchev–Trinajstić information content (AvgIpc) is 1.94. The highest BCUT2D eigenvalue weighted by Gasteiger charge is 2.25. The molecule has 0 aliphatic carbocycles. The second kappa shape index (κ2) is 4.70. The van der Waals surface area contributed by atoms with Crippen molar-refractivity contribution in [1.82, 2.24) is 4.90 Å². The smallest absolute Gasteiger partial charge is 0.0589 e. The van der Waals surface area contributed by atoms with Crippen LogP contribution >= 0.6 is 0 Å². The van der Waals surface area contributed by atoms with Crippen LogP contribution in [0.3, 0.4) is 0 Å². The molecule has 0 saturated carbocycles. The van der Waals surface area contributed by atoms with Crippen LogP contribution in [-0.4, -0.2) is 52.0 Å². The second-order valence-corrected chi connectivity index (χ2v) is 3.07. The number of hydrogen-bond acceptors (Lipinski definition) is 3. The van der Waals surface area contributed by atoms with Crippen LogP contribution in [0.25, 0.3) is 0 Å². The third-order valence-corrected chi connectivity index (χ3v) is 2.05. The molecule has 11 heavy (non-hydrogen) atoms. The van der Waals surface area contributed by atoms with E-state index in [0.29, 0.717) is 0 Å². The van der Waals surface area contributed by atoms with Crippen molar-refractivity contribution in [2.24, 2.45) is 5.92 Å². The zero-order chi connectivity index (χ0) is 8.10. The van der Waals surface area contributed by atoms with E-state index in [-0.39, 0.29) is 0 Å². The van der Waals surface area contributed by atoms with Crippen LogP contribution in [0, 0.1) is 5.92 Å². The van der Waals surface area contributed by atoms with E-state index in [1.165, 1.54) is 13.1 Å². The van der Waals surface area contributed by atoms with Gasteiger partial charge in [-0.1, -0.05) is 0 Å². The maximum Gasteiger partial charge on any atom is 0.0589 e. The van der Waals surface area contributed by atoms with Crippen LogP contribution in [0.4, 0.5) is 0 Å². The Labute approximate surface area is 68.3 Å². The van der Waals surface area contributed by atoms with E-state index >= 15 is 0 Å². The largest absolute Gasteiger partial charge is 0.384 e. The molecule has 1 aliphatic heterocycles. The molecule has 1 fully saturated rings. The summed E-state index contributed by atoms with van der Waals surface area (Å²) >= 11 is 0. The second-order valence-electron chi connectivity index (χ2n) is 3.07. The van der Waals surface area contributed by atoms with E-state index in [1.54, 1.807) is 14.2 Å². The lowest BCUT2D eigenvalue weighted by Crippen LogP contribution is -2.49. The lowest BCUT2D eigenvalue weighted by molar-refractivity contribution is 0.0193. The molecule has 1 heterocycles. The fourth-order valence-corrected chi connectivity index (χ4v) is 1.42. The first-order valence-electron chi connectivity index (χ1n) is 4.07. The average molecular weight is 159 g/mol. The Morgan fingerprint density at radius 1 is 1.27 bits per heavy atom. The lowest BCUT2D eigenvalue weighted by Gasteiger charge is -2.38. The molecule has 3 heteroatoms. The minimum atomic E-state index is 0.761. The molecule has 0 spiro atoms. The first-order chi connectivity index (χ1) is 5.36. The van der Waals surface area contributed by atoms with Crippen molar-refractivity contribution in [3.05, 3.63) is 0 Å². The van der Waals surface area contributed by atoms with Gasteiger partial charge in [0.25, 0.3) is 0 Å². The van der Waals surface area contributed by atoms with Gasteiger partial charge in [0.05, 0.1) is 13.2 Å². The van der Waals surface area contributed by atoms with E-state index in [4.69, 9.17) is 9.47 Å². The van der Waals surface area contributed by atoms with Gasteiger partial charge < -0.3 is 14.4 Å². The molecule has 0 bridgehead atoms. The van der Waals surface area contributed by atoms with Gasteiger partial charge in [-0.05, 0) is 0 Å². The van der Waals surface area contributed by atoms with Gasteiger partial charge in [0.1, 0.15) is 0 Å². The minimum Gasteiger partial charge on any atom is -0.384 e. The molecule has 0 aromatic rings. The zero-order valence-corrected chi connectivity index (χ0v) is 7.38. The van der Waals surface area contributed by atoms with E-state index in [1.807, 2.05) is 0 Å².